The summed E-state index contributed by atoms with van der Waals surface area (Å²) in [7, 11) is -1.64. The smallest absolute Gasteiger partial charge is 0.279 e. The lowest BCUT2D eigenvalue weighted by Gasteiger charge is -2.20. The summed E-state index contributed by atoms with van der Waals surface area (Å²) < 4.78 is 28.0. The van der Waals surface area contributed by atoms with E-state index in [1.165, 1.54) is 17.1 Å². The second kappa shape index (κ2) is 4.84. The summed E-state index contributed by atoms with van der Waals surface area (Å²) in [6.07, 6.45) is 5.30. The third-order valence-corrected chi connectivity index (χ3v) is 5.20. The van der Waals surface area contributed by atoms with Crippen molar-refractivity contribution in [3.8, 4) is 0 Å². The highest BCUT2D eigenvalue weighted by molar-refractivity contribution is 7.87. The van der Waals surface area contributed by atoms with Gasteiger partial charge in [-0.3, -0.25) is 0 Å². The van der Waals surface area contributed by atoms with E-state index in [0.29, 0.717) is 12.6 Å². The van der Waals surface area contributed by atoms with Gasteiger partial charge < -0.3 is 5.32 Å². The molecule has 0 spiro atoms. The maximum Gasteiger partial charge on any atom is 0.279 e. The lowest BCUT2D eigenvalue weighted by atomic mass is 10.4. The summed E-state index contributed by atoms with van der Waals surface area (Å²) in [5, 5.41) is 3.38. The van der Waals surface area contributed by atoms with Crippen LogP contribution < -0.4 is 10.0 Å². The van der Waals surface area contributed by atoms with Crippen molar-refractivity contribution in [1.82, 2.24) is 14.3 Å². The van der Waals surface area contributed by atoms with Crippen LogP contribution in [0, 0.1) is 0 Å². The van der Waals surface area contributed by atoms with Crippen LogP contribution in [0.15, 0.2) is 0 Å². The molecule has 5 nitrogen and oxygen atoms in total. The van der Waals surface area contributed by atoms with Gasteiger partial charge in [-0.2, -0.15) is 17.4 Å². The van der Waals surface area contributed by atoms with E-state index < -0.39 is 10.2 Å². The number of hydrogen-bond donors (Lipinski definition) is 2. The molecule has 6 heteroatoms. The molecule has 2 aliphatic carbocycles. The minimum absolute atomic E-state index is 0.181. The van der Waals surface area contributed by atoms with E-state index in [2.05, 4.69) is 10.0 Å². The van der Waals surface area contributed by atoms with Crippen LogP contribution in [-0.4, -0.2) is 44.4 Å². The Balaban J connectivity index is 1.67. The number of nitrogens with one attached hydrogen (secondary N) is 2. The second-order valence-corrected chi connectivity index (χ2v) is 7.35. The molecular formula is C11H23N3O2S. The molecule has 17 heavy (non-hydrogen) atoms. The molecule has 0 saturated heterocycles. The molecule has 0 radical (unpaired) electrons. The normalized spacial score (nSPS) is 23.0. The SMILES string of the molecule is CN(CCCNC1CC1)S(=O)(=O)NC1(C)CC1. The van der Waals surface area contributed by atoms with Gasteiger partial charge in [0.25, 0.3) is 10.2 Å². The fourth-order valence-electron chi connectivity index (χ4n) is 1.69. The van der Waals surface area contributed by atoms with Gasteiger partial charge in [0.15, 0.2) is 0 Å². The molecular weight excluding hydrogens is 238 g/mol. The predicted octanol–water partition coefficient (Wildman–Crippen LogP) is 0.447. The second-order valence-electron chi connectivity index (χ2n) is 5.57. The molecule has 2 fully saturated rings. The number of rotatable bonds is 8. The molecule has 0 bridgehead atoms. The van der Waals surface area contributed by atoms with Gasteiger partial charge in [-0.15, -0.1) is 0 Å². The van der Waals surface area contributed by atoms with Crippen molar-refractivity contribution < 1.29 is 8.42 Å². The lowest BCUT2D eigenvalue weighted by molar-refractivity contribution is 0.435. The zero-order valence-corrected chi connectivity index (χ0v) is 11.5. The van der Waals surface area contributed by atoms with Gasteiger partial charge in [0, 0.05) is 25.2 Å². The van der Waals surface area contributed by atoms with Crippen molar-refractivity contribution >= 4 is 10.2 Å². The average Bonchev–Trinajstić information content (AvgIpc) is 3.11. The Bertz CT molecular complexity index is 361. The summed E-state index contributed by atoms with van der Waals surface area (Å²) in [5.41, 5.74) is -0.181. The standard InChI is InChI=1S/C11H23N3O2S/c1-11(6-7-11)13-17(15,16)14(2)9-3-8-12-10-4-5-10/h10,12-13H,3-9H2,1-2H3. The molecule has 0 heterocycles. The number of hydrogen-bond acceptors (Lipinski definition) is 3. The Morgan fingerprint density at radius 3 is 2.53 bits per heavy atom. The van der Waals surface area contributed by atoms with E-state index in [0.717, 1.165) is 25.8 Å². The first-order valence-electron chi connectivity index (χ1n) is 6.40. The monoisotopic (exact) mass is 261 g/mol. The highest BCUT2D eigenvalue weighted by atomic mass is 32.2. The molecule has 0 aromatic rings. The third kappa shape index (κ3) is 4.21. The van der Waals surface area contributed by atoms with Crippen LogP contribution in [0.4, 0.5) is 0 Å². The van der Waals surface area contributed by atoms with Crippen LogP contribution in [-0.2, 0) is 10.2 Å². The van der Waals surface area contributed by atoms with Gasteiger partial charge in [-0.05, 0) is 45.6 Å². The summed E-state index contributed by atoms with van der Waals surface area (Å²) in [6, 6.07) is 0.695. The van der Waals surface area contributed by atoms with Crippen molar-refractivity contribution in [2.45, 2.75) is 50.6 Å². The zero-order chi connectivity index (χ0) is 12.5. The van der Waals surface area contributed by atoms with Gasteiger partial charge >= 0.3 is 0 Å². The van der Waals surface area contributed by atoms with Crippen molar-refractivity contribution in [3.63, 3.8) is 0 Å². The van der Waals surface area contributed by atoms with Gasteiger partial charge in [0.2, 0.25) is 0 Å². The summed E-state index contributed by atoms with van der Waals surface area (Å²) in [4.78, 5) is 0. The van der Waals surface area contributed by atoms with E-state index in [-0.39, 0.29) is 5.54 Å². The van der Waals surface area contributed by atoms with E-state index in [1.807, 2.05) is 6.92 Å². The predicted molar refractivity (Wildman–Crippen MR) is 68.0 cm³/mol. The van der Waals surface area contributed by atoms with Crippen LogP contribution in [0.2, 0.25) is 0 Å². The van der Waals surface area contributed by atoms with Gasteiger partial charge in [-0.1, -0.05) is 0 Å². The first-order chi connectivity index (χ1) is 7.91. The average molecular weight is 261 g/mol. The Morgan fingerprint density at radius 1 is 1.35 bits per heavy atom. The van der Waals surface area contributed by atoms with Crippen LogP contribution >= 0.6 is 0 Å². The fraction of sp³-hybridized carbons (Fsp3) is 1.00. The Labute approximate surface area is 104 Å². The molecule has 2 aliphatic rings. The molecule has 0 aromatic heterocycles. The van der Waals surface area contributed by atoms with Gasteiger partial charge in [-0.25, -0.2) is 0 Å². The molecule has 2 N–H and O–H groups in total. The maximum atomic E-state index is 11.9. The summed E-state index contributed by atoms with van der Waals surface area (Å²) >= 11 is 0. The summed E-state index contributed by atoms with van der Waals surface area (Å²) in [6.45, 7) is 3.43. The fourth-order valence-corrected chi connectivity index (χ4v) is 3.05. The summed E-state index contributed by atoms with van der Waals surface area (Å²) in [5.74, 6) is 0. The van der Waals surface area contributed by atoms with E-state index in [1.54, 1.807) is 7.05 Å². The van der Waals surface area contributed by atoms with Gasteiger partial charge in [0.05, 0.1) is 0 Å². The first kappa shape index (κ1) is 13.3. The molecule has 2 saturated carbocycles. The number of nitrogens with zero attached hydrogens (tertiary/aromatic N) is 1. The molecule has 2 rings (SSSR count). The maximum absolute atomic E-state index is 11.9. The Hall–Kier alpha value is -0.170. The van der Waals surface area contributed by atoms with E-state index in [9.17, 15) is 8.42 Å². The lowest BCUT2D eigenvalue weighted by Crippen LogP contribution is -2.44. The molecule has 0 aliphatic heterocycles. The zero-order valence-electron chi connectivity index (χ0n) is 10.7. The van der Waals surface area contributed by atoms with Crippen LogP contribution in [0.3, 0.4) is 0 Å². The highest BCUT2D eigenvalue weighted by Gasteiger charge is 2.41. The van der Waals surface area contributed by atoms with Crippen molar-refractivity contribution in [1.29, 1.82) is 0 Å². The molecule has 0 amide bonds. The molecule has 0 unspecified atom stereocenters. The minimum Gasteiger partial charge on any atom is -0.314 e. The van der Waals surface area contributed by atoms with Crippen LogP contribution in [0.1, 0.15) is 39.0 Å². The minimum atomic E-state index is -3.29. The van der Waals surface area contributed by atoms with Crippen LogP contribution in [0.5, 0.6) is 0 Å². The largest absolute Gasteiger partial charge is 0.314 e. The first-order valence-corrected chi connectivity index (χ1v) is 7.84. The van der Waals surface area contributed by atoms with Crippen molar-refractivity contribution in [2.24, 2.45) is 0 Å². The molecule has 100 valence electrons. The Kier molecular flexibility index (Phi) is 3.77. The Morgan fingerprint density at radius 2 is 2.00 bits per heavy atom. The van der Waals surface area contributed by atoms with E-state index >= 15 is 0 Å². The van der Waals surface area contributed by atoms with E-state index in [4.69, 9.17) is 0 Å². The third-order valence-electron chi connectivity index (χ3n) is 3.45. The molecule has 0 atom stereocenters. The van der Waals surface area contributed by atoms with Crippen molar-refractivity contribution in [3.05, 3.63) is 0 Å². The van der Waals surface area contributed by atoms with Crippen molar-refractivity contribution in [2.75, 3.05) is 20.1 Å². The van der Waals surface area contributed by atoms with Gasteiger partial charge in [0.1, 0.15) is 0 Å². The molecule has 0 aromatic carbocycles. The topological polar surface area (TPSA) is 61.4 Å². The van der Waals surface area contributed by atoms with Crippen LogP contribution in [0.25, 0.3) is 0 Å². The quantitative estimate of drug-likeness (QED) is 0.624. The highest BCUT2D eigenvalue weighted by Crippen LogP contribution is 2.35.